The standard InChI is InChI=1S/C33H38N2O6/c1-33(2,3)41-31(37)34-20-12-11-19-29(35-32(38)40-21-23-13-5-4-6-14-23)30(36)39-22-28-26-17-9-7-15-24(26)25-16-8-10-18-27(25)28/h4-10,13-18,28-29H,11-12,19-22H2,1-3H3,(H,34,37)(H,35,38)/t29-/m1/s1. The number of amides is 2. The fraction of sp³-hybridized carbons (Fsp3) is 0.364. The molecule has 8 heteroatoms. The molecule has 1 aliphatic rings. The Hall–Kier alpha value is -4.33. The van der Waals surface area contributed by atoms with E-state index in [9.17, 15) is 14.4 Å². The van der Waals surface area contributed by atoms with Crippen molar-refractivity contribution in [3.63, 3.8) is 0 Å². The molecule has 0 unspecified atom stereocenters. The zero-order valence-corrected chi connectivity index (χ0v) is 23.9. The van der Waals surface area contributed by atoms with E-state index in [2.05, 4.69) is 34.9 Å². The van der Waals surface area contributed by atoms with Gasteiger partial charge in [0.2, 0.25) is 0 Å². The Morgan fingerprint density at radius 2 is 1.39 bits per heavy atom. The predicted molar refractivity (Wildman–Crippen MR) is 156 cm³/mol. The molecule has 1 atom stereocenters. The molecule has 0 radical (unpaired) electrons. The van der Waals surface area contributed by atoms with Crippen molar-refractivity contribution in [3.05, 3.63) is 95.6 Å². The van der Waals surface area contributed by atoms with Crippen molar-refractivity contribution < 1.29 is 28.6 Å². The van der Waals surface area contributed by atoms with Crippen LogP contribution in [0.1, 0.15) is 62.6 Å². The molecule has 0 aliphatic heterocycles. The number of hydrogen-bond acceptors (Lipinski definition) is 6. The predicted octanol–water partition coefficient (Wildman–Crippen LogP) is 6.33. The van der Waals surface area contributed by atoms with E-state index in [1.807, 2.05) is 54.6 Å². The van der Waals surface area contributed by atoms with Crippen LogP contribution >= 0.6 is 0 Å². The van der Waals surface area contributed by atoms with Gasteiger partial charge in [-0.3, -0.25) is 0 Å². The number of hydrogen-bond donors (Lipinski definition) is 2. The average molecular weight is 559 g/mol. The number of nitrogens with one attached hydrogen (secondary N) is 2. The lowest BCUT2D eigenvalue weighted by molar-refractivity contribution is -0.146. The molecule has 4 rings (SSSR count). The summed E-state index contributed by atoms with van der Waals surface area (Å²) in [5.41, 5.74) is 4.77. The van der Waals surface area contributed by atoms with Gasteiger partial charge in [-0.2, -0.15) is 0 Å². The van der Waals surface area contributed by atoms with Crippen LogP contribution in [-0.4, -0.2) is 43.0 Å². The zero-order valence-electron chi connectivity index (χ0n) is 23.9. The second kappa shape index (κ2) is 13.8. The van der Waals surface area contributed by atoms with Gasteiger partial charge in [-0.05, 0) is 67.9 Å². The maximum Gasteiger partial charge on any atom is 0.408 e. The van der Waals surface area contributed by atoms with Crippen LogP contribution in [0.4, 0.5) is 9.59 Å². The van der Waals surface area contributed by atoms with Gasteiger partial charge in [0, 0.05) is 12.5 Å². The highest BCUT2D eigenvalue weighted by molar-refractivity contribution is 5.82. The second-order valence-corrected chi connectivity index (χ2v) is 11.0. The summed E-state index contributed by atoms with van der Waals surface area (Å²) in [4.78, 5) is 37.8. The van der Waals surface area contributed by atoms with Crippen molar-refractivity contribution in [3.8, 4) is 11.1 Å². The van der Waals surface area contributed by atoms with Gasteiger partial charge < -0.3 is 24.8 Å². The minimum absolute atomic E-state index is 0.0872. The molecule has 0 saturated carbocycles. The van der Waals surface area contributed by atoms with Crippen LogP contribution in [0.25, 0.3) is 11.1 Å². The van der Waals surface area contributed by atoms with Crippen LogP contribution in [0, 0.1) is 0 Å². The third-order valence-corrected chi connectivity index (χ3v) is 6.73. The molecule has 0 saturated heterocycles. The molecular weight excluding hydrogens is 520 g/mol. The Bertz CT molecular complexity index is 1290. The molecule has 2 amide bonds. The summed E-state index contributed by atoms with van der Waals surface area (Å²) in [6, 6.07) is 24.7. The lowest BCUT2D eigenvalue weighted by Crippen LogP contribution is -2.42. The highest BCUT2D eigenvalue weighted by atomic mass is 16.6. The number of ether oxygens (including phenoxy) is 3. The molecule has 216 valence electrons. The zero-order chi connectivity index (χ0) is 29.2. The molecule has 0 aromatic heterocycles. The monoisotopic (exact) mass is 558 g/mol. The Kier molecular flexibility index (Phi) is 10.0. The number of esters is 1. The molecule has 0 heterocycles. The Morgan fingerprint density at radius 3 is 2.02 bits per heavy atom. The van der Waals surface area contributed by atoms with Crippen molar-refractivity contribution in [2.24, 2.45) is 0 Å². The summed E-state index contributed by atoms with van der Waals surface area (Å²) >= 11 is 0. The van der Waals surface area contributed by atoms with E-state index >= 15 is 0 Å². The average Bonchev–Trinajstić information content (AvgIpc) is 3.27. The van der Waals surface area contributed by atoms with Crippen LogP contribution in [0.3, 0.4) is 0 Å². The number of carbonyl (C=O) groups excluding carboxylic acids is 3. The summed E-state index contributed by atoms with van der Waals surface area (Å²) in [5, 5.41) is 5.40. The first-order chi connectivity index (χ1) is 19.7. The third-order valence-electron chi connectivity index (χ3n) is 6.73. The fourth-order valence-corrected chi connectivity index (χ4v) is 4.84. The van der Waals surface area contributed by atoms with Crippen LogP contribution < -0.4 is 10.6 Å². The minimum atomic E-state index is -0.897. The Morgan fingerprint density at radius 1 is 0.780 bits per heavy atom. The summed E-state index contributed by atoms with van der Waals surface area (Å²) < 4.78 is 16.4. The molecule has 41 heavy (non-hydrogen) atoms. The molecule has 0 fully saturated rings. The van der Waals surface area contributed by atoms with Crippen LogP contribution in [0.2, 0.25) is 0 Å². The van der Waals surface area contributed by atoms with Crippen molar-refractivity contribution in [2.75, 3.05) is 13.2 Å². The number of carbonyl (C=O) groups is 3. The van der Waals surface area contributed by atoms with E-state index in [1.165, 1.54) is 0 Å². The maximum absolute atomic E-state index is 13.3. The van der Waals surface area contributed by atoms with Gasteiger partial charge in [0.05, 0.1) is 0 Å². The van der Waals surface area contributed by atoms with E-state index < -0.39 is 29.8 Å². The van der Waals surface area contributed by atoms with E-state index in [1.54, 1.807) is 20.8 Å². The van der Waals surface area contributed by atoms with Gasteiger partial charge in [-0.25, -0.2) is 14.4 Å². The molecule has 3 aromatic rings. The lowest BCUT2D eigenvalue weighted by Gasteiger charge is -2.21. The maximum atomic E-state index is 13.3. The first-order valence-electron chi connectivity index (χ1n) is 14.0. The quantitative estimate of drug-likeness (QED) is 0.162. The van der Waals surface area contributed by atoms with Crippen molar-refractivity contribution in [1.82, 2.24) is 10.6 Å². The third kappa shape index (κ3) is 8.58. The summed E-state index contributed by atoms with van der Waals surface area (Å²) in [7, 11) is 0. The van der Waals surface area contributed by atoms with Gasteiger partial charge in [-0.15, -0.1) is 0 Å². The number of benzene rings is 3. The lowest BCUT2D eigenvalue weighted by atomic mass is 9.98. The van der Waals surface area contributed by atoms with E-state index in [0.717, 1.165) is 27.8 Å². The topological polar surface area (TPSA) is 103 Å². The highest BCUT2D eigenvalue weighted by Gasteiger charge is 2.30. The smallest absolute Gasteiger partial charge is 0.408 e. The number of fused-ring (bicyclic) bond motifs is 3. The van der Waals surface area contributed by atoms with Crippen molar-refractivity contribution in [2.45, 2.75) is 64.2 Å². The molecular formula is C33H38N2O6. The fourth-order valence-electron chi connectivity index (χ4n) is 4.84. The van der Waals surface area contributed by atoms with Gasteiger partial charge in [0.25, 0.3) is 0 Å². The van der Waals surface area contributed by atoms with Crippen LogP contribution in [0.5, 0.6) is 0 Å². The van der Waals surface area contributed by atoms with Crippen molar-refractivity contribution >= 4 is 18.2 Å². The second-order valence-electron chi connectivity index (χ2n) is 11.0. The first-order valence-corrected chi connectivity index (χ1v) is 14.0. The van der Waals surface area contributed by atoms with E-state index in [-0.39, 0.29) is 19.1 Å². The van der Waals surface area contributed by atoms with Crippen LogP contribution in [0.15, 0.2) is 78.9 Å². The molecule has 3 aromatic carbocycles. The van der Waals surface area contributed by atoms with E-state index in [0.29, 0.717) is 25.8 Å². The number of rotatable bonds is 11. The highest BCUT2D eigenvalue weighted by Crippen LogP contribution is 2.44. The van der Waals surface area contributed by atoms with Gasteiger partial charge in [-0.1, -0.05) is 78.9 Å². The summed E-state index contributed by atoms with van der Waals surface area (Å²) in [6.45, 7) is 6.02. The molecule has 0 spiro atoms. The van der Waals surface area contributed by atoms with Gasteiger partial charge in [0.15, 0.2) is 0 Å². The number of unbranched alkanes of at least 4 members (excludes halogenated alkanes) is 1. The van der Waals surface area contributed by atoms with Crippen LogP contribution in [-0.2, 0) is 25.6 Å². The van der Waals surface area contributed by atoms with Gasteiger partial charge in [0.1, 0.15) is 24.9 Å². The first kappa shape index (κ1) is 29.6. The minimum Gasteiger partial charge on any atom is -0.463 e. The summed E-state index contributed by atoms with van der Waals surface area (Å²) in [5.74, 6) is -0.612. The molecule has 1 aliphatic carbocycles. The SMILES string of the molecule is CC(C)(C)OC(=O)NCCCC[C@@H](NC(=O)OCc1ccccc1)C(=O)OCC1c2ccccc2-c2ccccc21. The largest absolute Gasteiger partial charge is 0.463 e. The normalized spacial score (nSPS) is 13.0. The Labute approximate surface area is 241 Å². The van der Waals surface area contributed by atoms with E-state index in [4.69, 9.17) is 14.2 Å². The van der Waals surface area contributed by atoms with Gasteiger partial charge >= 0.3 is 18.2 Å². The molecule has 0 bridgehead atoms. The van der Waals surface area contributed by atoms with Crippen molar-refractivity contribution in [1.29, 1.82) is 0 Å². The number of alkyl carbamates (subject to hydrolysis) is 2. The molecule has 8 nitrogen and oxygen atoms in total. The molecule has 2 N–H and O–H groups in total. The Balaban J connectivity index is 1.35. The summed E-state index contributed by atoms with van der Waals surface area (Å²) in [6.07, 6.45) is 0.289.